The summed E-state index contributed by atoms with van der Waals surface area (Å²) in [6.07, 6.45) is 0. The Balaban J connectivity index is 1.44. The first-order valence-electron chi connectivity index (χ1n) is 8.74. The van der Waals surface area contributed by atoms with Gasteiger partial charge < -0.3 is 14.8 Å². The van der Waals surface area contributed by atoms with E-state index in [9.17, 15) is 14.0 Å². The monoisotopic (exact) mass is 419 g/mol. The van der Waals surface area contributed by atoms with Gasteiger partial charge in [0.05, 0.1) is 10.6 Å². The molecule has 0 spiro atoms. The fraction of sp³-hybridized carbons (Fsp3) is 0.200. The summed E-state index contributed by atoms with van der Waals surface area (Å²) in [7, 11) is 0. The molecule has 0 atom stereocenters. The van der Waals surface area contributed by atoms with Crippen molar-refractivity contribution in [2.45, 2.75) is 0 Å². The van der Waals surface area contributed by atoms with E-state index in [0.29, 0.717) is 36.9 Å². The first kappa shape index (κ1) is 18.8. The van der Waals surface area contributed by atoms with Crippen LogP contribution in [-0.4, -0.2) is 52.8 Å². The highest BCUT2D eigenvalue weighted by atomic mass is 35.5. The number of hydrogen-bond donors (Lipinski definition) is 1. The van der Waals surface area contributed by atoms with Crippen molar-refractivity contribution < 1.29 is 14.0 Å². The Kier molecular flexibility index (Phi) is 5.00. The van der Waals surface area contributed by atoms with Gasteiger partial charge in [0.15, 0.2) is 0 Å². The molecule has 1 saturated heterocycles. The van der Waals surface area contributed by atoms with Gasteiger partial charge in [-0.25, -0.2) is 4.39 Å². The van der Waals surface area contributed by atoms with Gasteiger partial charge in [-0.1, -0.05) is 29.3 Å². The summed E-state index contributed by atoms with van der Waals surface area (Å²) in [5, 5.41) is 1.59. The standard InChI is InChI=1S/C20H16Cl2FN3O2/c21-13-2-1-12-9-18(24-17(12)10-13)20(28)26-7-5-25(6-8-26)19(27)15-4-3-14(23)11-16(15)22/h1-4,9-11,24H,5-8H2. The fourth-order valence-corrected chi connectivity index (χ4v) is 3.75. The third-order valence-corrected chi connectivity index (χ3v) is 5.38. The van der Waals surface area contributed by atoms with Crippen molar-refractivity contribution in [3.8, 4) is 0 Å². The highest BCUT2D eigenvalue weighted by molar-refractivity contribution is 6.33. The van der Waals surface area contributed by atoms with Gasteiger partial charge in [0.2, 0.25) is 0 Å². The second kappa shape index (κ2) is 7.45. The zero-order valence-electron chi connectivity index (χ0n) is 14.7. The maximum Gasteiger partial charge on any atom is 0.270 e. The summed E-state index contributed by atoms with van der Waals surface area (Å²) in [4.78, 5) is 31.8. The highest BCUT2D eigenvalue weighted by Crippen LogP contribution is 2.22. The number of halogens is 3. The van der Waals surface area contributed by atoms with Crippen LogP contribution in [0.15, 0.2) is 42.5 Å². The van der Waals surface area contributed by atoms with Crippen LogP contribution in [0.1, 0.15) is 20.8 Å². The lowest BCUT2D eigenvalue weighted by Gasteiger charge is -2.34. The van der Waals surface area contributed by atoms with Crippen LogP contribution in [0, 0.1) is 5.82 Å². The van der Waals surface area contributed by atoms with Crippen LogP contribution in [0.3, 0.4) is 0 Å². The summed E-state index contributed by atoms with van der Waals surface area (Å²) in [5.74, 6) is -0.881. The third kappa shape index (κ3) is 3.57. The summed E-state index contributed by atoms with van der Waals surface area (Å²) in [6, 6.07) is 10.9. The van der Waals surface area contributed by atoms with Crippen molar-refractivity contribution in [1.29, 1.82) is 0 Å². The summed E-state index contributed by atoms with van der Waals surface area (Å²) in [5.41, 5.74) is 1.55. The summed E-state index contributed by atoms with van der Waals surface area (Å²) >= 11 is 12.0. The summed E-state index contributed by atoms with van der Waals surface area (Å²) in [6.45, 7) is 1.56. The molecule has 0 aliphatic carbocycles. The average Bonchev–Trinajstić information content (AvgIpc) is 3.10. The number of hydrogen-bond acceptors (Lipinski definition) is 2. The maximum atomic E-state index is 13.2. The van der Waals surface area contributed by atoms with Crippen LogP contribution >= 0.6 is 23.2 Å². The van der Waals surface area contributed by atoms with Gasteiger partial charge in [-0.05, 0) is 36.4 Å². The van der Waals surface area contributed by atoms with Gasteiger partial charge in [0, 0.05) is 42.1 Å². The largest absolute Gasteiger partial charge is 0.350 e. The van der Waals surface area contributed by atoms with Crippen molar-refractivity contribution in [1.82, 2.24) is 14.8 Å². The molecule has 2 amide bonds. The first-order chi connectivity index (χ1) is 13.4. The number of nitrogens with one attached hydrogen (secondary N) is 1. The van der Waals surface area contributed by atoms with Crippen LogP contribution in [0.5, 0.6) is 0 Å². The van der Waals surface area contributed by atoms with Crippen molar-refractivity contribution >= 4 is 45.9 Å². The number of benzene rings is 2. The van der Waals surface area contributed by atoms with E-state index in [4.69, 9.17) is 23.2 Å². The normalized spacial score (nSPS) is 14.5. The lowest BCUT2D eigenvalue weighted by Crippen LogP contribution is -2.50. The number of aromatic nitrogens is 1. The second-order valence-electron chi connectivity index (χ2n) is 6.62. The van der Waals surface area contributed by atoms with Gasteiger partial charge >= 0.3 is 0 Å². The van der Waals surface area contributed by atoms with E-state index in [-0.39, 0.29) is 22.4 Å². The van der Waals surface area contributed by atoms with E-state index in [0.717, 1.165) is 17.0 Å². The molecular formula is C20H16Cl2FN3O2. The zero-order valence-corrected chi connectivity index (χ0v) is 16.2. The molecular weight excluding hydrogens is 404 g/mol. The number of nitrogens with zero attached hydrogens (tertiary/aromatic N) is 2. The Morgan fingerprint density at radius 1 is 0.893 bits per heavy atom. The first-order valence-corrected chi connectivity index (χ1v) is 9.50. The van der Waals surface area contributed by atoms with Gasteiger partial charge in [0.1, 0.15) is 11.5 Å². The third-order valence-electron chi connectivity index (χ3n) is 4.83. The molecule has 3 aromatic rings. The van der Waals surface area contributed by atoms with Gasteiger partial charge in [-0.3, -0.25) is 9.59 Å². The average molecular weight is 420 g/mol. The molecule has 2 aromatic carbocycles. The predicted octanol–water partition coefficient (Wildman–Crippen LogP) is 4.21. The van der Waals surface area contributed by atoms with Crippen LogP contribution in [0.25, 0.3) is 10.9 Å². The summed E-state index contributed by atoms with van der Waals surface area (Å²) < 4.78 is 13.2. The Morgan fingerprint density at radius 2 is 1.57 bits per heavy atom. The maximum absolute atomic E-state index is 13.2. The number of fused-ring (bicyclic) bond motifs is 1. The highest BCUT2D eigenvalue weighted by Gasteiger charge is 2.27. The lowest BCUT2D eigenvalue weighted by atomic mass is 10.1. The molecule has 5 nitrogen and oxygen atoms in total. The van der Waals surface area contributed by atoms with E-state index in [1.165, 1.54) is 12.1 Å². The second-order valence-corrected chi connectivity index (χ2v) is 7.47. The lowest BCUT2D eigenvalue weighted by molar-refractivity contribution is 0.0533. The Labute approximate surface area is 170 Å². The van der Waals surface area contributed by atoms with E-state index in [1.54, 1.807) is 28.0 Å². The molecule has 1 aromatic heterocycles. The van der Waals surface area contributed by atoms with E-state index >= 15 is 0 Å². The fourth-order valence-electron chi connectivity index (χ4n) is 3.33. The molecule has 1 N–H and O–H groups in total. The zero-order chi connectivity index (χ0) is 19.8. The minimum Gasteiger partial charge on any atom is -0.350 e. The molecule has 8 heteroatoms. The van der Waals surface area contributed by atoms with Crippen molar-refractivity contribution in [3.05, 3.63) is 69.6 Å². The number of carbonyl (C=O) groups excluding carboxylic acids is 2. The molecule has 0 radical (unpaired) electrons. The van der Waals surface area contributed by atoms with Gasteiger partial charge in [-0.15, -0.1) is 0 Å². The minimum absolute atomic E-state index is 0.0836. The Hall–Kier alpha value is -2.57. The smallest absolute Gasteiger partial charge is 0.270 e. The van der Waals surface area contributed by atoms with Crippen LogP contribution < -0.4 is 0 Å². The predicted molar refractivity (Wildman–Crippen MR) is 107 cm³/mol. The van der Waals surface area contributed by atoms with Crippen LogP contribution in [0.2, 0.25) is 10.0 Å². The van der Waals surface area contributed by atoms with Crippen molar-refractivity contribution in [3.63, 3.8) is 0 Å². The quantitative estimate of drug-likeness (QED) is 0.676. The molecule has 0 unspecified atom stereocenters. The minimum atomic E-state index is -0.489. The molecule has 1 aliphatic rings. The van der Waals surface area contributed by atoms with Crippen LogP contribution in [-0.2, 0) is 0 Å². The number of amides is 2. The van der Waals surface area contributed by atoms with E-state index in [2.05, 4.69) is 4.98 Å². The van der Waals surface area contributed by atoms with E-state index < -0.39 is 5.82 Å². The van der Waals surface area contributed by atoms with Crippen molar-refractivity contribution in [2.24, 2.45) is 0 Å². The van der Waals surface area contributed by atoms with E-state index in [1.807, 2.05) is 6.07 Å². The van der Waals surface area contributed by atoms with Gasteiger partial charge in [0.25, 0.3) is 11.8 Å². The number of aromatic amines is 1. The number of carbonyl (C=O) groups is 2. The van der Waals surface area contributed by atoms with Gasteiger partial charge in [-0.2, -0.15) is 0 Å². The number of H-pyrrole nitrogens is 1. The molecule has 0 bridgehead atoms. The molecule has 2 heterocycles. The molecule has 28 heavy (non-hydrogen) atoms. The molecule has 1 aliphatic heterocycles. The topological polar surface area (TPSA) is 56.4 Å². The number of rotatable bonds is 2. The molecule has 1 fully saturated rings. The molecule has 144 valence electrons. The SMILES string of the molecule is O=C(c1cc2ccc(Cl)cc2[nH]1)N1CCN(C(=O)c2ccc(F)cc2Cl)CC1. The van der Waals surface area contributed by atoms with Crippen molar-refractivity contribution in [2.75, 3.05) is 26.2 Å². The molecule has 0 saturated carbocycles. The number of piperazine rings is 1. The Morgan fingerprint density at radius 3 is 2.25 bits per heavy atom. The molecule has 4 rings (SSSR count). The Bertz CT molecular complexity index is 1070. The van der Waals surface area contributed by atoms with Crippen LogP contribution in [0.4, 0.5) is 4.39 Å².